The lowest BCUT2D eigenvalue weighted by molar-refractivity contribution is -0.161. The van der Waals surface area contributed by atoms with Crippen LogP contribution in [0.5, 0.6) is 0 Å². The van der Waals surface area contributed by atoms with Crippen molar-refractivity contribution in [1.29, 1.82) is 0 Å². The predicted molar refractivity (Wildman–Crippen MR) is 223 cm³/mol. The first-order valence-electron chi connectivity index (χ1n) is 20.9. The summed E-state index contributed by atoms with van der Waals surface area (Å²) in [6.07, 6.45) is 44.4. The number of aliphatic hydroxyl groups is 2. The highest BCUT2D eigenvalue weighted by molar-refractivity contribution is 7.47. The molecule has 0 radical (unpaired) electrons. The van der Waals surface area contributed by atoms with Crippen molar-refractivity contribution in [3.8, 4) is 0 Å². The summed E-state index contributed by atoms with van der Waals surface area (Å²) < 4.78 is 32.6. The molecule has 0 spiro atoms. The van der Waals surface area contributed by atoms with E-state index in [1.165, 1.54) is 25.7 Å². The molecule has 3 atom stereocenters. The highest BCUT2D eigenvalue weighted by atomic mass is 31.2. The first-order chi connectivity index (χ1) is 26.7. The highest BCUT2D eigenvalue weighted by Gasteiger charge is 2.27. The van der Waals surface area contributed by atoms with Gasteiger partial charge < -0.3 is 24.6 Å². The lowest BCUT2D eigenvalue weighted by Crippen LogP contribution is -2.29. The van der Waals surface area contributed by atoms with Crippen LogP contribution >= 0.6 is 7.82 Å². The molecule has 0 bridgehead atoms. The van der Waals surface area contributed by atoms with Crippen LogP contribution in [0.1, 0.15) is 155 Å². The molecule has 0 saturated carbocycles. The highest BCUT2D eigenvalue weighted by Crippen LogP contribution is 2.43. The molecular weight excluding hydrogens is 719 g/mol. The largest absolute Gasteiger partial charge is 0.472 e. The van der Waals surface area contributed by atoms with Crippen molar-refractivity contribution >= 4 is 19.8 Å². The number of ether oxygens (including phenoxy) is 2. The van der Waals surface area contributed by atoms with Gasteiger partial charge in [-0.05, 0) is 83.5 Å². The molecule has 0 aromatic rings. The van der Waals surface area contributed by atoms with Crippen LogP contribution in [0.2, 0.25) is 0 Å². The van der Waals surface area contributed by atoms with Crippen LogP contribution < -0.4 is 0 Å². The molecule has 0 amide bonds. The Morgan fingerprint density at radius 3 is 1.55 bits per heavy atom. The summed E-state index contributed by atoms with van der Waals surface area (Å²) in [6, 6.07) is 0. The Morgan fingerprint density at radius 2 is 1.00 bits per heavy atom. The van der Waals surface area contributed by atoms with Gasteiger partial charge in [-0.3, -0.25) is 18.6 Å². The zero-order valence-electron chi connectivity index (χ0n) is 34.1. The molecule has 0 aromatic heterocycles. The van der Waals surface area contributed by atoms with Gasteiger partial charge in [0.15, 0.2) is 6.10 Å². The van der Waals surface area contributed by atoms with Crippen LogP contribution in [0, 0.1) is 0 Å². The van der Waals surface area contributed by atoms with E-state index in [9.17, 15) is 24.2 Å². The predicted octanol–water partition coefficient (Wildman–Crippen LogP) is 10.9. The van der Waals surface area contributed by atoms with Crippen LogP contribution in [0.3, 0.4) is 0 Å². The Morgan fingerprint density at radius 1 is 0.564 bits per heavy atom. The molecule has 55 heavy (non-hydrogen) atoms. The van der Waals surface area contributed by atoms with Gasteiger partial charge in [-0.2, -0.15) is 0 Å². The van der Waals surface area contributed by atoms with Crippen LogP contribution in [0.4, 0.5) is 0 Å². The smallest absolute Gasteiger partial charge is 0.462 e. The first-order valence-corrected chi connectivity index (χ1v) is 22.4. The molecule has 10 nitrogen and oxygen atoms in total. The fourth-order valence-electron chi connectivity index (χ4n) is 5.13. The van der Waals surface area contributed by atoms with Crippen LogP contribution in [0.25, 0.3) is 0 Å². The minimum atomic E-state index is -4.63. The van der Waals surface area contributed by atoms with Crippen LogP contribution in [-0.2, 0) is 32.7 Å². The number of hydrogen-bond acceptors (Lipinski definition) is 9. The molecule has 0 fully saturated rings. The molecular formula is C44H75O10P. The maximum atomic E-state index is 12.6. The van der Waals surface area contributed by atoms with Gasteiger partial charge in [-0.25, -0.2) is 4.57 Å². The molecule has 0 aromatic carbocycles. The number of phosphoric acid groups is 1. The molecule has 3 N–H and O–H groups in total. The second-order valence-electron chi connectivity index (χ2n) is 13.6. The van der Waals surface area contributed by atoms with Crippen molar-refractivity contribution in [2.45, 2.75) is 167 Å². The van der Waals surface area contributed by atoms with Crippen molar-refractivity contribution in [2.75, 3.05) is 26.4 Å². The monoisotopic (exact) mass is 795 g/mol. The third kappa shape index (κ3) is 39.4. The summed E-state index contributed by atoms with van der Waals surface area (Å²) in [4.78, 5) is 34.9. The van der Waals surface area contributed by atoms with E-state index in [1.807, 2.05) is 0 Å². The van der Waals surface area contributed by atoms with Crippen molar-refractivity contribution in [2.24, 2.45) is 0 Å². The van der Waals surface area contributed by atoms with E-state index in [0.29, 0.717) is 12.8 Å². The lowest BCUT2D eigenvalue weighted by atomic mass is 10.1. The van der Waals surface area contributed by atoms with Gasteiger partial charge in [0.25, 0.3) is 0 Å². The summed E-state index contributed by atoms with van der Waals surface area (Å²) >= 11 is 0. The number of esters is 2. The van der Waals surface area contributed by atoms with E-state index in [4.69, 9.17) is 19.1 Å². The Bertz CT molecular complexity index is 1140. The summed E-state index contributed by atoms with van der Waals surface area (Å²) in [7, 11) is -4.63. The third-order valence-electron chi connectivity index (χ3n) is 8.34. The molecule has 11 heteroatoms. The fourth-order valence-corrected chi connectivity index (χ4v) is 5.92. The summed E-state index contributed by atoms with van der Waals surface area (Å²) in [5.74, 6) is -0.980. The Balaban J connectivity index is 4.39. The Labute approximate surface area is 333 Å². The van der Waals surface area contributed by atoms with E-state index in [2.05, 4.69) is 91.3 Å². The van der Waals surface area contributed by atoms with Gasteiger partial charge in [0, 0.05) is 12.8 Å². The molecule has 316 valence electrons. The molecule has 0 saturated heterocycles. The Kier molecular flexibility index (Phi) is 37.8. The molecule has 0 aliphatic rings. The zero-order valence-corrected chi connectivity index (χ0v) is 35.0. The van der Waals surface area contributed by atoms with Gasteiger partial charge in [-0.15, -0.1) is 0 Å². The van der Waals surface area contributed by atoms with Gasteiger partial charge >= 0.3 is 19.8 Å². The number of phosphoric ester groups is 1. The number of aliphatic hydroxyl groups excluding tert-OH is 2. The molecule has 0 heterocycles. The van der Waals surface area contributed by atoms with Crippen molar-refractivity contribution < 1.29 is 47.8 Å². The molecule has 0 aliphatic heterocycles. The minimum absolute atomic E-state index is 0.163. The summed E-state index contributed by atoms with van der Waals surface area (Å²) in [6.45, 7) is 2.18. The maximum Gasteiger partial charge on any atom is 0.472 e. The minimum Gasteiger partial charge on any atom is -0.462 e. The number of carbonyl (C=O) groups excluding carboxylic acids is 2. The second kappa shape index (κ2) is 39.6. The SMILES string of the molecule is CC/C=C\C/C=C\C/C=C\C/C=C\C/C=C\CCCCCC(=O)OC[C@H](COP(=O)(O)OC[C@@H](O)CO)OC(=O)CCCCCCC/C=C\CCCCCC. The normalized spacial score (nSPS) is 14.6. The van der Waals surface area contributed by atoms with Crippen molar-refractivity contribution in [1.82, 2.24) is 0 Å². The van der Waals surface area contributed by atoms with E-state index in [0.717, 1.165) is 89.9 Å². The second-order valence-corrected chi connectivity index (χ2v) is 15.1. The summed E-state index contributed by atoms with van der Waals surface area (Å²) in [5, 5.41) is 18.3. The van der Waals surface area contributed by atoms with Crippen LogP contribution in [-0.4, -0.2) is 65.7 Å². The average molecular weight is 795 g/mol. The number of hydrogen-bond donors (Lipinski definition) is 3. The lowest BCUT2D eigenvalue weighted by Gasteiger charge is -2.20. The van der Waals surface area contributed by atoms with Crippen molar-refractivity contribution in [3.05, 3.63) is 72.9 Å². The van der Waals surface area contributed by atoms with E-state index >= 15 is 0 Å². The molecule has 0 aliphatic carbocycles. The van der Waals surface area contributed by atoms with Gasteiger partial charge in [0.05, 0.1) is 19.8 Å². The number of unbranched alkanes of at least 4 members (excludes halogenated alkanes) is 12. The molecule has 0 rings (SSSR count). The number of carbonyl (C=O) groups is 2. The van der Waals surface area contributed by atoms with Gasteiger partial charge in [0.2, 0.25) is 0 Å². The zero-order chi connectivity index (χ0) is 40.5. The molecule has 1 unspecified atom stereocenters. The van der Waals surface area contributed by atoms with E-state index in [-0.39, 0.29) is 19.4 Å². The number of allylic oxidation sites excluding steroid dienone is 12. The van der Waals surface area contributed by atoms with E-state index < -0.39 is 51.8 Å². The maximum absolute atomic E-state index is 12.6. The van der Waals surface area contributed by atoms with Gasteiger partial charge in [-0.1, -0.05) is 132 Å². The quantitative estimate of drug-likeness (QED) is 0.0239. The van der Waals surface area contributed by atoms with Crippen LogP contribution in [0.15, 0.2) is 72.9 Å². The standard InChI is InChI=1S/C44H75O10P/c1-3-5-7-9-11-13-15-17-18-19-20-21-22-24-25-27-29-31-33-35-43(47)51-39-42(40-53-55(49,50)52-38-41(46)37-45)54-44(48)36-34-32-30-28-26-23-16-14-12-10-8-6-4-2/h5,7,11,13-14,16-18,20-21,24-25,41-42,45-46H,3-4,6,8-10,12,15,19,22-23,26-40H2,1-2H3,(H,49,50)/b7-5-,13-11-,16-14-,18-17-,21-20-,25-24-/t41-,42+/m0/s1. The average Bonchev–Trinajstić information content (AvgIpc) is 3.17. The van der Waals surface area contributed by atoms with E-state index in [1.54, 1.807) is 0 Å². The summed E-state index contributed by atoms with van der Waals surface area (Å²) in [5.41, 5.74) is 0. The van der Waals surface area contributed by atoms with Crippen molar-refractivity contribution in [3.63, 3.8) is 0 Å². The number of rotatable bonds is 38. The fraction of sp³-hybridized carbons (Fsp3) is 0.682. The third-order valence-corrected chi connectivity index (χ3v) is 9.30. The topological polar surface area (TPSA) is 149 Å². The Hall–Kier alpha value is -2.59. The first kappa shape index (κ1) is 52.4. The van der Waals surface area contributed by atoms with Gasteiger partial charge in [0.1, 0.15) is 12.7 Å².